The van der Waals surface area contributed by atoms with Gasteiger partial charge in [0.15, 0.2) is 5.96 Å². The number of hydrogen-bond donors (Lipinski definition) is 1. The Labute approximate surface area is 152 Å². The molecule has 1 aromatic rings. The van der Waals surface area contributed by atoms with Gasteiger partial charge in [0.2, 0.25) is 0 Å². The number of aliphatic imine (C=N–C) groups is 1. The molecule has 1 saturated heterocycles. The highest BCUT2D eigenvalue weighted by Crippen LogP contribution is 2.26. The first-order valence-electron chi connectivity index (χ1n) is 9.56. The Kier molecular flexibility index (Phi) is 6.19. The monoisotopic (exact) mass is 344 g/mol. The van der Waals surface area contributed by atoms with E-state index in [0.29, 0.717) is 12.1 Å². The lowest BCUT2D eigenvalue weighted by atomic mass is 10.1. The van der Waals surface area contributed by atoms with E-state index < -0.39 is 0 Å². The third kappa shape index (κ3) is 5.11. The van der Waals surface area contributed by atoms with Gasteiger partial charge < -0.3 is 15.0 Å². The molecule has 1 unspecified atom stereocenters. The molecule has 5 nitrogen and oxygen atoms in total. The summed E-state index contributed by atoms with van der Waals surface area (Å²) in [5.74, 6) is 2.00. The Hall–Kier alpha value is -1.75. The van der Waals surface area contributed by atoms with Gasteiger partial charge in [0.25, 0.3) is 0 Å². The van der Waals surface area contributed by atoms with Gasteiger partial charge in [-0.2, -0.15) is 0 Å². The Morgan fingerprint density at radius 2 is 1.92 bits per heavy atom. The number of benzene rings is 1. The molecule has 1 aliphatic heterocycles. The summed E-state index contributed by atoms with van der Waals surface area (Å²) in [6.45, 7) is 5.21. The first-order valence-corrected chi connectivity index (χ1v) is 9.56. The van der Waals surface area contributed by atoms with Crippen LogP contribution in [-0.2, 0) is 0 Å². The van der Waals surface area contributed by atoms with E-state index in [0.717, 1.165) is 50.2 Å². The second-order valence-electron chi connectivity index (χ2n) is 7.29. The number of hydrogen-bond acceptors (Lipinski definition) is 3. The molecule has 0 aromatic heterocycles. The van der Waals surface area contributed by atoms with E-state index in [1.54, 1.807) is 0 Å². The molecule has 2 fully saturated rings. The minimum absolute atomic E-state index is 0.302. The van der Waals surface area contributed by atoms with E-state index >= 15 is 0 Å². The average molecular weight is 345 g/mol. The number of guanidine groups is 1. The van der Waals surface area contributed by atoms with Crippen LogP contribution in [0, 0.1) is 0 Å². The van der Waals surface area contributed by atoms with Gasteiger partial charge in [0.1, 0.15) is 11.9 Å². The summed E-state index contributed by atoms with van der Waals surface area (Å²) in [7, 11) is 4.11. The van der Waals surface area contributed by atoms with Crippen LogP contribution in [0.15, 0.2) is 35.3 Å². The quantitative estimate of drug-likeness (QED) is 0.636. The molecular formula is C20H32N4O. The molecule has 25 heavy (non-hydrogen) atoms. The summed E-state index contributed by atoms with van der Waals surface area (Å²) >= 11 is 0. The fourth-order valence-corrected chi connectivity index (χ4v) is 3.43. The van der Waals surface area contributed by atoms with Crippen molar-refractivity contribution in [3.05, 3.63) is 30.3 Å². The topological polar surface area (TPSA) is 40.1 Å². The molecule has 0 spiro atoms. The molecule has 1 atom stereocenters. The third-order valence-electron chi connectivity index (χ3n) is 5.37. The van der Waals surface area contributed by atoms with Gasteiger partial charge in [-0.05, 0) is 38.9 Å². The van der Waals surface area contributed by atoms with Crippen molar-refractivity contribution in [3.63, 3.8) is 0 Å². The maximum atomic E-state index is 6.09. The van der Waals surface area contributed by atoms with Gasteiger partial charge in [-0.3, -0.25) is 9.89 Å². The molecule has 1 heterocycles. The lowest BCUT2D eigenvalue weighted by Gasteiger charge is -2.35. The van der Waals surface area contributed by atoms with Crippen LogP contribution >= 0.6 is 0 Å². The fourth-order valence-electron chi connectivity index (χ4n) is 3.43. The van der Waals surface area contributed by atoms with Crippen LogP contribution in [0.5, 0.6) is 5.75 Å². The highest BCUT2D eigenvalue weighted by atomic mass is 16.5. The molecule has 1 aromatic carbocycles. The van der Waals surface area contributed by atoms with Gasteiger partial charge in [-0.25, -0.2) is 0 Å². The average Bonchev–Trinajstić information content (AvgIpc) is 3.48. The van der Waals surface area contributed by atoms with Crippen molar-refractivity contribution in [3.8, 4) is 5.75 Å². The van der Waals surface area contributed by atoms with E-state index in [4.69, 9.17) is 4.74 Å². The van der Waals surface area contributed by atoms with Crippen molar-refractivity contribution in [1.29, 1.82) is 0 Å². The number of nitrogens with one attached hydrogen (secondary N) is 1. The van der Waals surface area contributed by atoms with Gasteiger partial charge >= 0.3 is 0 Å². The lowest BCUT2D eigenvalue weighted by Crippen LogP contribution is -2.50. The molecule has 1 N–H and O–H groups in total. The van der Waals surface area contributed by atoms with Crippen LogP contribution < -0.4 is 10.1 Å². The molecule has 2 aliphatic rings. The van der Waals surface area contributed by atoms with Crippen LogP contribution in [0.3, 0.4) is 0 Å². The summed E-state index contributed by atoms with van der Waals surface area (Å²) in [4.78, 5) is 9.33. The van der Waals surface area contributed by atoms with Crippen LogP contribution in [0.25, 0.3) is 0 Å². The Morgan fingerprint density at radius 1 is 1.24 bits per heavy atom. The van der Waals surface area contributed by atoms with E-state index in [9.17, 15) is 0 Å². The Balaban J connectivity index is 1.42. The number of ether oxygens (including phenoxy) is 1. The summed E-state index contributed by atoms with van der Waals surface area (Å²) in [5.41, 5.74) is 0. The first kappa shape index (κ1) is 18.1. The first-order chi connectivity index (χ1) is 12.2. The molecule has 1 aliphatic carbocycles. The SMILES string of the molecule is CN=C(NCC(C)N(C)C1CC1)N1CCC(Oc2ccccc2)CC1. The van der Waals surface area contributed by atoms with E-state index in [2.05, 4.69) is 34.1 Å². The van der Waals surface area contributed by atoms with Gasteiger partial charge in [0, 0.05) is 51.6 Å². The summed E-state index contributed by atoms with van der Waals surface area (Å²) in [6, 6.07) is 11.5. The second kappa shape index (κ2) is 8.56. The third-order valence-corrected chi connectivity index (χ3v) is 5.37. The van der Waals surface area contributed by atoms with Crippen molar-refractivity contribution in [2.45, 2.75) is 50.8 Å². The maximum Gasteiger partial charge on any atom is 0.193 e. The second-order valence-corrected chi connectivity index (χ2v) is 7.29. The van der Waals surface area contributed by atoms with Crippen molar-refractivity contribution < 1.29 is 4.74 Å². The van der Waals surface area contributed by atoms with Gasteiger partial charge in [0.05, 0.1) is 0 Å². The predicted molar refractivity (Wildman–Crippen MR) is 103 cm³/mol. The van der Waals surface area contributed by atoms with Crippen molar-refractivity contribution in [1.82, 2.24) is 15.1 Å². The standard InChI is InChI=1S/C20H32N4O/c1-16(23(3)17-9-10-17)15-22-20(21-2)24-13-11-19(12-14-24)25-18-7-5-4-6-8-18/h4-8,16-17,19H,9-15H2,1-3H3,(H,21,22). The zero-order valence-corrected chi connectivity index (χ0v) is 15.8. The largest absolute Gasteiger partial charge is 0.490 e. The number of para-hydroxylation sites is 1. The van der Waals surface area contributed by atoms with Crippen LogP contribution in [0.4, 0.5) is 0 Å². The van der Waals surface area contributed by atoms with Crippen LogP contribution in [0.2, 0.25) is 0 Å². The minimum Gasteiger partial charge on any atom is -0.490 e. The van der Waals surface area contributed by atoms with Crippen molar-refractivity contribution in [2.24, 2.45) is 4.99 Å². The Bertz CT molecular complexity index is 550. The number of likely N-dealkylation sites (tertiary alicyclic amines) is 1. The zero-order chi connectivity index (χ0) is 17.6. The fraction of sp³-hybridized carbons (Fsp3) is 0.650. The summed E-state index contributed by atoms with van der Waals surface area (Å²) < 4.78 is 6.09. The molecule has 0 bridgehead atoms. The molecule has 138 valence electrons. The normalized spacial score (nSPS) is 20.6. The van der Waals surface area contributed by atoms with Crippen molar-refractivity contribution >= 4 is 5.96 Å². The number of rotatable bonds is 6. The number of likely N-dealkylation sites (N-methyl/N-ethyl adjacent to an activating group) is 1. The van der Waals surface area contributed by atoms with Crippen molar-refractivity contribution in [2.75, 3.05) is 33.7 Å². The predicted octanol–water partition coefficient (Wildman–Crippen LogP) is 2.59. The van der Waals surface area contributed by atoms with Crippen LogP contribution in [-0.4, -0.2) is 67.7 Å². The lowest BCUT2D eigenvalue weighted by molar-refractivity contribution is 0.129. The summed E-state index contributed by atoms with van der Waals surface area (Å²) in [6.07, 6.45) is 5.08. The Morgan fingerprint density at radius 3 is 2.52 bits per heavy atom. The number of nitrogens with zero attached hydrogens (tertiary/aromatic N) is 3. The minimum atomic E-state index is 0.302. The van der Waals surface area contributed by atoms with E-state index in [1.165, 1.54) is 12.8 Å². The molecule has 0 radical (unpaired) electrons. The summed E-state index contributed by atoms with van der Waals surface area (Å²) in [5, 5.41) is 3.56. The highest BCUT2D eigenvalue weighted by molar-refractivity contribution is 5.80. The molecule has 3 rings (SSSR count). The van der Waals surface area contributed by atoms with Crippen LogP contribution in [0.1, 0.15) is 32.6 Å². The van der Waals surface area contributed by atoms with Gasteiger partial charge in [-0.1, -0.05) is 18.2 Å². The van der Waals surface area contributed by atoms with E-state index in [1.807, 2.05) is 37.4 Å². The van der Waals surface area contributed by atoms with Gasteiger partial charge in [-0.15, -0.1) is 0 Å². The molecule has 5 heteroatoms. The molecular weight excluding hydrogens is 312 g/mol. The smallest absolute Gasteiger partial charge is 0.193 e. The highest BCUT2D eigenvalue weighted by Gasteiger charge is 2.29. The number of piperidine rings is 1. The molecule has 0 amide bonds. The maximum absolute atomic E-state index is 6.09. The van der Waals surface area contributed by atoms with E-state index in [-0.39, 0.29) is 0 Å². The zero-order valence-electron chi connectivity index (χ0n) is 15.8. The molecule has 1 saturated carbocycles.